The summed E-state index contributed by atoms with van der Waals surface area (Å²) < 4.78 is 70.7. The summed E-state index contributed by atoms with van der Waals surface area (Å²) >= 11 is 0. The Kier molecular flexibility index (Phi) is 4.74. The summed E-state index contributed by atoms with van der Waals surface area (Å²) in [6, 6.07) is 7.95. The van der Waals surface area contributed by atoms with Crippen LogP contribution in [0.2, 0.25) is 0 Å². The van der Waals surface area contributed by atoms with E-state index in [-0.39, 0.29) is 24.1 Å². The van der Waals surface area contributed by atoms with Crippen LogP contribution in [0.15, 0.2) is 47.5 Å². The van der Waals surface area contributed by atoms with E-state index < -0.39 is 23.4 Å². The van der Waals surface area contributed by atoms with E-state index in [1.807, 2.05) is 0 Å². The summed E-state index contributed by atoms with van der Waals surface area (Å²) in [5.74, 6) is -1.65. The number of hydrogen-bond acceptors (Lipinski definition) is 2. The number of ether oxygens (including phenoxy) is 1. The highest BCUT2D eigenvalue weighted by atomic mass is 19.4. The van der Waals surface area contributed by atoms with Gasteiger partial charge in [-0.2, -0.15) is 13.2 Å². The molecule has 0 spiro atoms. The first-order valence-corrected chi connectivity index (χ1v) is 7.65. The minimum atomic E-state index is -4.38. The lowest BCUT2D eigenvalue weighted by molar-refractivity contribution is -0.137. The first kappa shape index (κ1) is 17.4. The van der Waals surface area contributed by atoms with Gasteiger partial charge in [-0.15, -0.1) is 0 Å². The molecule has 0 radical (unpaired) electrons. The second-order valence-electron chi connectivity index (χ2n) is 5.72. The Morgan fingerprint density at radius 2 is 1.64 bits per heavy atom. The van der Waals surface area contributed by atoms with Gasteiger partial charge in [0, 0.05) is 6.42 Å². The molecular weight excluding hydrogens is 341 g/mol. The van der Waals surface area contributed by atoms with E-state index in [2.05, 4.69) is 4.99 Å². The van der Waals surface area contributed by atoms with E-state index in [1.165, 1.54) is 18.2 Å². The number of hydrogen-bond donors (Lipinski definition) is 0. The zero-order chi connectivity index (χ0) is 18.0. The van der Waals surface area contributed by atoms with E-state index >= 15 is 0 Å². The standard InChI is InChI=1S/C18H14F5NO/c19-14-2-1-3-15(20)16(14)17-24-13(8-9-25-17)10-11-4-6-12(7-5-11)18(21,22)23/h1-7,13H,8-10H2. The summed E-state index contributed by atoms with van der Waals surface area (Å²) in [6.45, 7) is 0.234. The molecule has 0 saturated carbocycles. The minimum absolute atomic E-state index is 0.112. The molecule has 0 amide bonds. The Hall–Kier alpha value is -2.44. The summed E-state index contributed by atoms with van der Waals surface area (Å²) in [5, 5.41) is 0. The van der Waals surface area contributed by atoms with Crippen molar-refractivity contribution in [3.8, 4) is 0 Å². The summed E-state index contributed by atoms with van der Waals surface area (Å²) in [6.07, 6.45) is -3.51. The highest BCUT2D eigenvalue weighted by Crippen LogP contribution is 2.29. The van der Waals surface area contributed by atoms with Gasteiger partial charge in [-0.05, 0) is 36.2 Å². The van der Waals surface area contributed by atoms with Gasteiger partial charge in [0.05, 0.1) is 18.2 Å². The van der Waals surface area contributed by atoms with Crippen LogP contribution in [0.3, 0.4) is 0 Å². The molecule has 0 N–H and O–H groups in total. The molecule has 1 heterocycles. The number of aliphatic imine (C=N–C) groups is 1. The van der Waals surface area contributed by atoms with Crippen LogP contribution in [0.1, 0.15) is 23.1 Å². The molecule has 2 aromatic carbocycles. The molecule has 0 aromatic heterocycles. The minimum Gasteiger partial charge on any atom is -0.477 e. The van der Waals surface area contributed by atoms with Gasteiger partial charge in [0.15, 0.2) is 0 Å². The van der Waals surface area contributed by atoms with Crippen LogP contribution in [0.5, 0.6) is 0 Å². The maximum Gasteiger partial charge on any atom is 0.416 e. The molecule has 0 bridgehead atoms. The average molecular weight is 355 g/mol. The monoisotopic (exact) mass is 355 g/mol. The van der Waals surface area contributed by atoms with Gasteiger partial charge in [0.25, 0.3) is 0 Å². The Bertz CT molecular complexity index is 763. The van der Waals surface area contributed by atoms with Crippen molar-refractivity contribution >= 4 is 5.90 Å². The Balaban J connectivity index is 1.79. The van der Waals surface area contributed by atoms with Crippen molar-refractivity contribution in [2.45, 2.75) is 25.1 Å². The molecule has 2 nitrogen and oxygen atoms in total. The fraction of sp³-hybridized carbons (Fsp3) is 0.278. The molecule has 0 aliphatic carbocycles. The quantitative estimate of drug-likeness (QED) is 0.728. The molecule has 7 heteroatoms. The van der Waals surface area contributed by atoms with Gasteiger partial charge in [-0.1, -0.05) is 18.2 Å². The van der Waals surface area contributed by atoms with Gasteiger partial charge in [-0.25, -0.2) is 13.8 Å². The van der Waals surface area contributed by atoms with Crippen molar-refractivity contribution in [1.29, 1.82) is 0 Å². The number of halogens is 5. The SMILES string of the molecule is Fc1cccc(F)c1C1=NC(Cc2ccc(C(F)(F)F)cc2)CCO1. The smallest absolute Gasteiger partial charge is 0.416 e. The second kappa shape index (κ2) is 6.82. The molecule has 25 heavy (non-hydrogen) atoms. The van der Waals surface area contributed by atoms with Crippen LogP contribution in [0.25, 0.3) is 0 Å². The predicted molar refractivity (Wildman–Crippen MR) is 82.4 cm³/mol. The lowest BCUT2D eigenvalue weighted by atomic mass is 10.0. The van der Waals surface area contributed by atoms with Crippen molar-refractivity contribution in [1.82, 2.24) is 0 Å². The number of nitrogens with zero attached hydrogens (tertiary/aromatic N) is 1. The first-order valence-electron chi connectivity index (χ1n) is 7.65. The summed E-state index contributed by atoms with van der Waals surface area (Å²) in [7, 11) is 0. The number of rotatable bonds is 3. The molecular formula is C18H14F5NO. The van der Waals surface area contributed by atoms with Gasteiger partial charge in [0.1, 0.15) is 17.2 Å². The van der Waals surface area contributed by atoms with E-state index in [1.54, 1.807) is 0 Å². The van der Waals surface area contributed by atoms with Crippen molar-refractivity contribution in [3.05, 3.63) is 70.8 Å². The molecule has 0 saturated heterocycles. The second-order valence-corrected chi connectivity index (χ2v) is 5.72. The molecule has 132 valence electrons. The van der Waals surface area contributed by atoms with Crippen molar-refractivity contribution in [2.24, 2.45) is 4.99 Å². The van der Waals surface area contributed by atoms with Gasteiger partial charge >= 0.3 is 6.18 Å². The summed E-state index contributed by atoms with van der Waals surface area (Å²) in [4.78, 5) is 4.23. The van der Waals surface area contributed by atoms with E-state index in [4.69, 9.17) is 4.74 Å². The number of alkyl halides is 3. The van der Waals surface area contributed by atoms with E-state index in [0.29, 0.717) is 18.4 Å². The van der Waals surface area contributed by atoms with Gasteiger partial charge < -0.3 is 4.74 Å². The van der Waals surface area contributed by atoms with Crippen molar-refractivity contribution in [2.75, 3.05) is 6.61 Å². The molecule has 3 rings (SSSR count). The lowest BCUT2D eigenvalue weighted by Crippen LogP contribution is -2.25. The molecule has 2 aromatic rings. The van der Waals surface area contributed by atoms with Crippen molar-refractivity contribution < 1.29 is 26.7 Å². The van der Waals surface area contributed by atoms with Crippen LogP contribution >= 0.6 is 0 Å². The van der Waals surface area contributed by atoms with Crippen LogP contribution in [-0.2, 0) is 17.3 Å². The topological polar surface area (TPSA) is 21.6 Å². The molecule has 1 unspecified atom stereocenters. The Morgan fingerprint density at radius 3 is 2.24 bits per heavy atom. The highest BCUT2D eigenvalue weighted by molar-refractivity contribution is 5.95. The van der Waals surface area contributed by atoms with E-state index in [9.17, 15) is 22.0 Å². The van der Waals surface area contributed by atoms with Crippen LogP contribution in [-0.4, -0.2) is 18.5 Å². The van der Waals surface area contributed by atoms with Gasteiger partial charge in [0.2, 0.25) is 5.90 Å². The molecule has 1 aliphatic heterocycles. The van der Waals surface area contributed by atoms with Gasteiger partial charge in [-0.3, -0.25) is 0 Å². The van der Waals surface area contributed by atoms with Crippen LogP contribution in [0, 0.1) is 11.6 Å². The van der Waals surface area contributed by atoms with Crippen molar-refractivity contribution in [3.63, 3.8) is 0 Å². The maximum absolute atomic E-state index is 13.8. The molecule has 0 fully saturated rings. The third kappa shape index (κ3) is 3.97. The summed E-state index contributed by atoms with van der Waals surface area (Å²) in [5.41, 5.74) is -0.377. The molecule has 1 aliphatic rings. The normalized spacial score (nSPS) is 17.8. The highest BCUT2D eigenvalue weighted by Gasteiger charge is 2.30. The Labute approximate surface area is 141 Å². The third-order valence-corrected chi connectivity index (χ3v) is 3.92. The largest absolute Gasteiger partial charge is 0.477 e. The zero-order valence-electron chi connectivity index (χ0n) is 13.0. The van der Waals surface area contributed by atoms with Crippen LogP contribution in [0.4, 0.5) is 22.0 Å². The third-order valence-electron chi connectivity index (χ3n) is 3.92. The van der Waals surface area contributed by atoms with Crippen LogP contribution < -0.4 is 0 Å². The Morgan fingerprint density at radius 1 is 1.00 bits per heavy atom. The zero-order valence-corrected chi connectivity index (χ0v) is 13.0. The van der Waals surface area contributed by atoms with E-state index in [0.717, 1.165) is 24.3 Å². The lowest BCUT2D eigenvalue weighted by Gasteiger charge is -2.22. The number of benzene rings is 2. The predicted octanol–water partition coefficient (Wildman–Crippen LogP) is 4.76. The fourth-order valence-corrected chi connectivity index (χ4v) is 2.65. The molecule has 1 atom stereocenters. The fourth-order valence-electron chi connectivity index (χ4n) is 2.65. The maximum atomic E-state index is 13.8. The first-order chi connectivity index (χ1) is 11.8. The average Bonchev–Trinajstić information content (AvgIpc) is 2.55.